The molecule has 1 unspecified atom stereocenters. The number of rotatable bonds is 8. The lowest BCUT2D eigenvalue weighted by Gasteiger charge is -2.26. The van der Waals surface area contributed by atoms with E-state index >= 15 is 0 Å². The Hall–Kier alpha value is -1.69. The van der Waals surface area contributed by atoms with Crippen LogP contribution in [0, 0.1) is 0 Å². The van der Waals surface area contributed by atoms with Crippen LogP contribution >= 0.6 is 11.3 Å². The summed E-state index contributed by atoms with van der Waals surface area (Å²) in [7, 11) is 0. The summed E-state index contributed by atoms with van der Waals surface area (Å²) in [6, 6.07) is 3.37. The molecule has 5 nitrogen and oxygen atoms in total. The van der Waals surface area contributed by atoms with Crippen molar-refractivity contribution in [3.05, 3.63) is 22.4 Å². The summed E-state index contributed by atoms with van der Waals surface area (Å²) in [6.45, 7) is 3.38. The number of amides is 1. The van der Waals surface area contributed by atoms with Crippen molar-refractivity contribution in [2.24, 2.45) is 0 Å². The molecule has 1 aromatic heterocycles. The van der Waals surface area contributed by atoms with Crippen LogP contribution in [-0.2, 0) is 9.59 Å². The van der Waals surface area contributed by atoms with Gasteiger partial charge in [0.25, 0.3) is 0 Å². The molecule has 0 saturated heterocycles. The second-order valence-electron chi connectivity index (χ2n) is 4.57. The van der Waals surface area contributed by atoms with E-state index in [1.54, 1.807) is 12.1 Å². The van der Waals surface area contributed by atoms with Gasteiger partial charge in [0.2, 0.25) is 5.91 Å². The lowest BCUT2D eigenvalue weighted by atomic mass is 10.1. The van der Waals surface area contributed by atoms with Crippen LogP contribution in [0.5, 0.6) is 0 Å². The maximum atomic E-state index is 12.1. The van der Waals surface area contributed by atoms with Crippen molar-refractivity contribution in [2.75, 3.05) is 6.54 Å². The van der Waals surface area contributed by atoms with Crippen LogP contribution in [0.3, 0.4) is 0 Å². The van der Waals surface area contributed by atoms with Crippen LogP contribution in [0.25, 0.3) is 0 Å². The Morgan fingerprint density at radius 2 is 2.05 bits per heavy atom. The minimum Gasteiger partial charge on any atom is -0.480 e. The van der Waals surface area contributed by atoms with Crippen molar-refractivity contribution < 1.29 is 19.5 Å². The number of carbonyl (C=O) groups is 3. The summed E-state index contributed by atoms with van der Waals surface area (Å²) >= 11 is 1.34. The number of hydrogen-bond acceptors (Lipinski definition) is 4. The second-order valence-corrected chi connectivity index (χ2v) is 5.52. The van der Waals surface area contributed by atoms with Gasteiger partial charge in [-0.25, -0.2) is 0 Å². The van der Waals surface area contributed by atoms with Gasteiger partial charge >= 0.3 is 5.97 Å². The third-order valence-corrected chi connectivity index (χ3v) is 4.02. The van der Waals surface area contributed by atoms with E-state index in [0.29, 0.717) is 11.3 Å². The monoisotopic (exact) mass is 297 g/mol. The molecule has 1 atom stereocenters. The molecule has 1 N–H and O–H groups in total. The van der Waals surface area contributed by atoms with Crippen LogP contribution in [-0.4, -0.2) is 40.3 Å². The van der Waals surface area contributed by atoms with E-state index in [0.717, 1.165) is 0 Å². The number of Topliss-reactive ketones (excluding diaryl/α,β-unsaturated/α-hetero) is 1. The molecular formula is C14H19NO4S. The first-order chi connectivity index (χ1) is 9.45. The van der Waals surface area contributed by atoms with Crippen LogP contribution in [0.15, 0.2) is 17.5 Å². The summed E-state index contributed by atoms with van der Waals surface area (Å²) in [5.41, 5.74) is 0. The van der Waals surface area contributed by atoms with Gasteiger partial charge in [-0.15, -0.1) is 11.3 Å². The van der Waals surface area contributed by atoms with E-state index < -0.39 is 5.97 Å². The molecule has 0 radical (unpaired) electrons. The fourth-order valence-electron chi connectivity index (χ4n) is 1.78. The molecule has 6 heteroatoms. The molecule has 0 aliphatic rings. The van der Waals surface area contributed by atoms with Crippen LogP contribution in [0.1, 0.15) is 42.8 Å². The Morgan fingerprint density at radius 1 is 1.35 bits per heavy atom. The fourth-order valence-corrected chi connectivity index (χ4v) is 2.47. The van der Waals surface area contributed by atoms with Crippen molar-refractivity contribution >= 4 is 29.0 Å². The van der Waals surface area contributed by atoms with Gasteiger partial charge in [0.05, 0.1) is 4.88 Å². The number of carboxylic acid groups (broad SMARTS) is 1. The molecule has 0 bridgehead atoms. The number of ketones is 1. The van der Waals surface area contributed by atoms with Crippen LogP contribution < -0.4 is 0 Å². The highest BCUT2D eigenvalue weighted by Crippen LogP contribution is 2.14. The summed E-state index contributed by atoms with van der Waals surface area (Å²) in [5, 5.41) is 10.7. The third kappa shape index (κ3) is 4.77. The zero-order valence-corrected chi connectivity index (χ0v) is 12.5. The average Bonchev–Trinajstić information content (AvgIpc) is 2.94. The molecule has 1 rings (SSSR count). The first-order valence-corrected chi connectivity index (χ1v) is 7.41. The van der Waals surface area contributed by atoms with Gasteiger partial charge in [-0.3, -0.25) is 14.4 Å². The molecule has 0 fully saturated rings. The average molecular weight is 297 g/mol. The SMILES string of the molecule is CCC(C)N(CC(=O)O)C(=O)CCC(=O)c1cccs1. The van der Waals surface area contributed by atoms with Gasteiger partial charge in [0.15, 0.2) is 5.78 Å². The quantitative estimate of drug-likeness (QED) is 0.748. The first-order valence-electron chi connectivity index (χ1n) is 6.53. The Labute approximate surface area is 122 Å². The molecule has 110 valence electrons. The molecule has 0 saturated carbocycles. The standard InChI is InChI=1S/C14H19NO4S/c1-3-10(2)15(9-14(18)19)13(17)7-6-11(16)12-5-4-8-20-12/h4-5,8,10H,3,6-7,9H2,1-2H3,(H,18,19). The summed E-state index contributed by atoms with van der Waals surface area (Å²) < 4.78 is 0. The normalized spacial score (nSPS) is 11.9. The summed E-state index contributed by atoms with van der Waals surface area (Å²) in [4.78, 5) is 36.6. The Morgan fingerprint density at radius 3 is 2.55 bits per heavy atom. The Kier molecular flexibility index (Phi) is 6.38. The van der Waals surface area contributed by atoms with Gasteiger partial charge in [0, 0.05) is 18.9 Å². The molecule has 0 aliphatic carbocycles. The topological polar surface area (TPSA) is 74.7 Å². The van der Waals surface area contributed by atoms with Gasteiger partial charge in [0.1, 0.15) is 6.54 Å². The molecule has 0 spiro atoms. The second kappa shape index (κ2) is 7.79. The predicted octanol–water partition coefficient (Wildman–Crippen LogP) is 2.42. The van der Waals surface area contributed by atoms with E-state index in [-0.39, 0.29) is 37.1 Å². The van der Waals surface area contributed by atoms with E-state index in [9.17, 15) is 14.4 Å². The highest BCUT2D eigenvalue weighted by Gasteiger charge is 2.22. The van der Waals surface area contributed by atoms with Crippen LogP contribution in [0.4, 0.5) is 0 Å². The zero-order valence-electron chi connectivity index (χ0n) is 11.7. The van der Waals surface area contributed by atoms with E-state index in [1.165, 1.54) is 16.2 Å². The minimum atomic E-state index is -1.04. The molecule has 0 aromatic carbocycles. The van der Waals surface area contributed by atoms with E-state index in [2.05, 4.69) is 0 Å². The zero-order chi connectivity index (χ0) is 15.1. The number of thiophene rings is 1. The lowest BCUT2D eigenvalue weighted by Crippen LogP contribution is -2.41. The van der Waals surface area contributed by atoms with Gasteiger partial charge in [-0.05, 0) is 24.8 Å². The molecule has 1 heterocycles. The van der Waals surface area contributed by atoms with Crippen molar-refractivity contribution in [1.82, 2.24) is 4.90 Å². The number of carboxylic acids is 1. The molecule has 1 amide bonds. The van der Waals surface area contributed by atoms with Gasteiger partial charge < -0.3 is 10.0 Å². The highest BCUT2D eigenvalue weighted by molar-refractivity contribution is 7.12. The first kappa shape index (κ1) is 16.4. The van der Waals surface area contributed by atoms with E-state index in [1.807, 2.05) is 19.2 Å². The molecule has 0 aliphatic heterocycles. The maximum absolute atomic E-state index is 12.1. The summed E-state index contributed by atoms with van der Waals surface area (Å²) in [6.07, 6.45) is 0.845. The largest absolute Gasteiger partial charge is 0.480 e. The van der Waals surface area contributed by atoms with Crippen LogP contribution in [0.2, 0.25) is 0 Å². The Bertz CT molecular complexity index is 470. The smallest absolute Gasteiger partial charge is 0.323 e. The number of nitrogens with zero attached hydrogens (tertiary/aromatic N) is 1. The van der Waals surface area contributed by atoms with Gasteiger partial charge in [-0.1, -0.05) is 13.0 Å². The van der Waals surface area contributed by atoms with Crippen molar-refractivity contribution in [1.29, 1.82) is 0 Å². The number of carbonyl (C=O) groups excluding carboxylic acids is 2. The Balaban J connectivity index is 2.57. The van der Waals surface area contributed by atoms with Crippen molar-refractivity contribution in [3.63, 3.8) is 0 Å². The molecular weight excluding hydrogens is 278 g/mol. The fraction of sp³-hybridized carbons (Fsp3) is 0.500. The molecule has 1 aromatic rings. The highest BCUT2D eigenvalue weighted by atomic mass is 32.1. The summed E-state index contributed by atoms with van der Waals surface area (Å²) in [5.74, 6) is -1.40. The van der Waals surface area contributed by atoms with Gasteiger partial charge in [-0.2, -0.15) is 0 Å². The van der Waals surface area contributed by atoms with E-state index in [4.69, 9.17) is 5.11 Å². The maximum Gasteiger partial charge on any atom is 0.323 e. The lowest BCUT2D eigenvalue weighted by molar-refractivity contribution is -0.146. The third-order valence-electron chi connectivity index (χ3n) is 3.11. The predicted molar refractivity (Wildman–Crippen MR) is 77.0 cm³/mol. The van der Waals surface area contributed by atoms with Crippen molar-refractivity contribution in [2.45, 2.75) is 39.2 Å². The number of aliphatic carboxylic acids is 1. The minimum absolute atomic E-state index is 0.0500. The van der Waals surface area contributed by atoms with Crippen molar-refractivity contribution in [3.8, 4) is 0 Å². The molecule has 20 heavy (non-hydrogen) atoms. The number of hydrogen-bond donors (Lipinski definition) is 1.